The third-order valence-corrected chi connectivity index (χ3v) is 6.63. The number of thiazole rings is 1. The Kier molecular flexibility index (Phi) is 6.12. The van der Waals surface area contributed by atoms with Gasteiger partial charge in [-0.2, -0.15) is 0 Å². The van der Waals surface area contributed by atoms with Gasteiger partial charge in [0.25, 0.3) is 5.19 Å². The quantitative estimate of drug-likeness (QED) is 0.582. The van der Waals surface area contributed by atoms with Crippen molar-refractivity contribution in [1.29, 1.82) is 0 Å². The molecule has 1 aromatic heterocycles. The van der Waals surface area contributed by atoms with E-state index in [1.54, 1.807) is 17.8 Å². The number of benzene rings is 2. The van der Waals surface area contributed by atoms with Crippen LogP contribution < -0.4 is 4.74 Å². The summed E-state index contributed by atoms with van der Waals surface area (Å²) in [4.78, 5) is 18.8. The Labute approximate surface area is 171 Å². The summed E-state index contributed by atoms with van der Waals surface area (Å²) in [6.45, 7) is 1.41. The summed E-state index contributed by atoms with van der Waals surface area (Å²) in [5.41, 5.74) is 1.99. The van der Waals surface area contributed by atoms with Crippen LogP contribution >= 0.6 is 23.1 Å². The van der Waals surface area contributed by atoms with Gasteiger partial charge in [0.1, 0.15) is 11.9 Å². The average Bonchev–Trinajstić information content (AvgIpc) is 3.10. The first-order valence-electron chi connectivity index (χ1n) is 9.29. The number of amides is 1. The van der Waals surface area contributed by atoms with Gasteiger partial charge in [0.05, 0.1) is 16.0 Å². The first-order valence-corrected chi connectivity index (χ1v) is 11.3. The Morgan fingerprint density at radius 2 is 2.00 bits per heavy atom. The van der Waals surface area contributed by atoms with Gasteiger partial charge >= 0.3 is 0 Å². The van der Waals surface area contributed by atoms with Crippen molar-refractivity contribution < 1.29 is 13.9 Å². The second-order valence-corrected chi connectivity index (χ2v) is 8.75. The number of carbonyl (C=O) groups is 1. The van der Waals surface area contributed by atoms with Crippen molar-refractivity contribution >= 4 is 39.2 Å². The van der Waals surface area contributed by atoms with Gasteiger partial charge in [-0.05, 0) is 23.8 Å². The molecule has 0 unspecified atom stereocenters. The lowest BCUT2D eigenvalue weighted by atomic mass is 10.1. The summed E-state index contributed by atoms with van der Waals surface area (Å²) < 4.78 is 20.1. The predicted molar refractivity (Wildman–Crippen MR) is 112 cm³/mol. The van der Waals surface area contributed by atoms with E-state index in [4.69, 9.17) is 4.74 Å². The van der Waals surface area contributed by atoms with Crippen LogP contribution in [0.1, 0.15) is 18.4 Å². The Hall–Kier alpha value is -2.12. The van der Waals surface area contributed by atoms with Gasteiger partial charge < -0.3 is 9.64 Å². The molecule has 1 aliphatic rings. The first kappa shape index (κ1) is 19.2. The lowest BCUT2D eigenvalue weighted by Gasteiger charge is -2.31. The molecule has 1 saturated heterocycles. The monoisotopic (exact) mass is 416 g/mol. The average molecular weight is 417 g/mol. The number of fused-ring (bicyclic) bond motifs is 1. The van der Waals surface area contributed by atoms with Crippen LogP contribution in [0.3, 0.4) is 0 Å². The molecule has 4 nitrogen and oxygen atoms in total. The Morgan fingerprint density at radius 3 is 2.79 bits per heavy atom. The SMILES string of the molecule is O=C(CSCc1ccccc1)N1CCC(Oc2nc3ccc(F)cc3s2)CC1. The number of hydrogen-bond donors (Lipinski definition) is 0. The minimum Gasteiger partial charge on any atom is -0.467 e. The van der Waals surface area contributed by atoms with E-state index >= 15 is 0 Å². The zero-order chi connectivity index (χ0) is 19.3. The predicted octanol–water partition coefficient (Wildman–Crippen LogP) is 4.74. The van der Waals surface area contributed by atoms with Crippen molar-refractivity contribution in [2.24, 2.45) is 0 Å². The van der Waals surface area contributed by atoms with Gasteiger partial charge in [0.2, 0.25) is 5.91 Å². The second-order valence-electron chi connectivity index (χ2n) is 6.77. The maximum absolute atomic E-state index is 13.3. The molecule has 0 radical (unpaired) electrons. The molecule has 7 heteroatoms. The number of thioether (sulfide) groups is 1. The third-order valence-electron chi connectivity index (χ3n) is 4.73. The van der Waals surface area contributed by atoms with Crippen molar-refractivity contribution in [2.45, 2.75) is 24.7 Å². The number of aromatic nitrogens is 1. The molecule has 2 aromatic carbocycles. The van der Waals surface area contributed by atoms with Crippen LogP contribution in [0.25, 0.3) is 10.2 Å². The highest BCUT2D eigenvalue weighted by molar-refractivity contribution is 7.99. The van der Waals surface area contributed by atoms with Crippen LogP contribution in [0.4, 0.5) is 4.39 Å². The fourth-order valence-electron chi connectivity index (χ4n) is 3.22. The van der Waals surface area contributed by atoms with Crippen LogP contribution in [-0.4, -0.2) is 40.7 Å². The molecule has 146 valence electrons. The standard InChI is InChI=1S/C21H21FN2O2S2/c22-16-6-7-18-19(12-16)28-21(23-18)26-17-8-10-24(11-9-17)20(25)14-27-13-15-4-2-1-3-5-15/h1-7,12,17H,8-11,13-14H2. The molecule has 2 heterocycles. The molecule has 1 aliphatic heterocycles. The molecule has 0 atom stereocenters. The van der Waals surface area contributed by atoms with E-state index < -0.39 is 0 Å². The zero-order valence-corrected chi connectivity index (χ0v) is 17.0. The Balaban J connectivity index is 1.23. The Bertz CT molecular complexity index is 940. The van der Waals surface area contributed by atoms with E-state index in [2.05, 4.69) is 17.1 Å². The minimum atomic E-state index is -0.264. The maximum atomic E-state index is 13.3. The highest BCUT2D eigenvalue weighted by Crippen LogP contribution is 2.30. The number of carbonyl (C=O) groups excluding carboxylic acids is 1. The maximum Gasteiger partial charge on any atom is 0.274 e. The number of piperidine rings is 1. The number of rotatable bonds is 6. The molecular formula is C21H21FN2O2S2. The minimum absolute atomic E-state index is 0.0476. The fraction of sp³-hybridized carbons (Fsp3) is 0.333. The smallest absolute Gasteiger partial charge is 0.274 e. The van der Waals surface area contributed by atoms with Gasteiger partial charge in [0, 0.05) is 31.7 Å². The van der Waals surface area contributed by atoms with Gasteiger partial charge in [-0.25, -0.2) is 9.37 Å². The van der Waals surface area contributed by atoms with Crippen molar-refractivity contribution in [2.75, 3.05) is 18.8 Å². The summed E-state index contributed by atoms with van der Waals surface area (Å²) in [7, 11) is 0. The van der Waals surface area contributed by atoms with E-state index in [0.717, 1.165) is 28.8 Å². The molecule has 4 rings (SSSR count). The molecular weight excluding hydrogens is 395 g/mol. The van der Waals surface area contributed by atoms with Crippen molar-refractivity contribution in [1.82, 2.24) is 9.88 Å². The number of ether oxygens (including phenoxy) is 1. The third kappa shape index (κ3) is 4.83. The van der Waals surface area contributed by atoms with Crippen LogP contribution in [0.5, 0.6) is 5.19 Å². The number of nitrogens with zero attached hydrogens (tertiary/aromatic N) is 2. The molecule has 28 heavy (non-hydrogen) atoms. The molecule has 0 saturated carbocycles. The van der Waals surface area contributed by atoms with Crippen LogP contribution in [-0.2, 0) is 10.5 Å². The summed E-state index contributed by atoms with van der Waals surface area (Å²) in [6.07, 6.45) is 1.63. The molecule has 0 bridgehead atoms. The number of halogens is 1. The van der Waals surface area contributed by atoms with Gasteiger partial charge in [0.15, 0.2) is 0 Å². The largest absolute Gasteiger partial charge is 0.467 e. The number of hydrogen-bond acceptors (Lipinski definition) is 5. The van der Waals surface area contributed by atoms with Crippen molar-refractivity contribution in [3.63, 3.8) is 0 Å². The highest BCUT2D eigenvalue weighted by atomic mass is 32.2. The van der Waals surface area contributed by atoms with E-state index in [1.807, 2.05) is 23.1 Å². The topological polar surface area (TPSA) is 42.4 Å². The summed E-state index contributed by atoms with van der Waals surface area (Å²) in [5.74, 6) is 1.28. The van der Waals surface area contributed by atoms with Crippen molar-refractivity contribution in [3.8, 4) is 5.19 Å². The zero-order valence-electron chi connectivity index (χ0n) is 15.3. The normalized spacial score (nSPS) is 15.1. The summed E-state index contributed by atoms with van der Waals surface area (Å²) in [5, 5.41) is 0.573. The first-order chi connectivity index (χ1) is 13.7. The van der Waals surface area contributed by atoms with Gasteiger partial charge in [-0.1, -0.05) is 41.7 Å². The molecule has 3 aromatic rings. The van der Waals surface area contributed by atoms with E-state index in [0.29, 0.717) is 24.0 Å². The van der Waals surface area contributed by atoms with Crippen LogP contribution in [0, 0.1) is 5.82 Å². The molecule has 1 fully saturated rings. The molecule has 1 amide bonds. The van der Waals surface area contributed by atoms with Crippen LogP contribution in [0.2, 0.25) is 0 Å². The molecule has 0 spiro atoms. The Morgan fingerprint density at radius 1 is 1.21 bits per heavy atom. The highest BCUT2D eigenvalue weighted by Gasteiger charge is 2.24. The number of likely N-dealkylation sites (tertiary alicyclic amines) is 1. The fourth-order valence-corrected chi connectivity index (χ4v) is 5.01. The summed E-state index contributed by atoms with van der Waals surface area (Å²) in [6, 6.07) is 14.8. The molecule has 0 N–H and O–H groups in total. The lowest BCUT2D eigenvalue weighted by Crippen LogP contribution is -2.42. The second kappa shape index (κ2) is 8.92. The van der Waals surface area contributed by atoms with Gasteiger partial charge in [-0.15, -0.1) is 11.8 Å². The summed E-state index contributed by atoms with van der Waals surface area (Å²) >= 11 is 3.02. The van der Waals surface area contributed by atoms with E-state index in [-0.39, 0.29) is 17.8 Å². The van der Waals surface area contributed by atoms with E-state index in [9.17, 15) is 9.18 Å². The lowest BCUT2D eigenvalue weighted by molar-refractivity contribution is -0.130. The van der Waals surface area contributed by atoms with Crippen LogP contribution in [0.15, 0.2) is 48.5 Å². The van der Waals surface area contributed by atoms with E-state index in [1.165, 1.54) is 29.0 Å². The van der Waals surface area contributed by atoms with Gasteiger partial charge in [-0.3, -0.25) is 4.79 Å². The van der Waals surface area contributed by atoms with Crippen molar-refractivity contribution in [3.05, 3.63) is 59.9 Å². The molecule has 0 aliphatic carbocycles.